The number of alkyl carbamates (subject to hydrolysis) is 1. The second-order valence-electron chi connectivity index (χ2n) is 6.42. The van der Waals surface area contributed by atoms with Crippen LogP contribution < -0.4 is 20.7 Å². The number of nitrogens with zero attached hydrogens (tertiary/aromatic N) is 1. The first-order chi connectivity index (χ1) is 10.8. The van der Waals surface area contributed by atoms with E-state index in [4.69, 9.17) is 15.2 Å². The van der Waals surface area contributed by atoms with Gasteiger partial charge in [-0.05, 0) is 39.3 Å². The molecule has 1 amide bonds. The van der Waals surface area contributed by atoms with Crippen molar-refractivity contribution in [2.45, 2.75) is 38.8 Å². The maximum absolute atomic E-state index is 11.7. The summed E-state index contributed by atoms with van der Waals surface area (Å²) >= 11 is 0. The summed E-state index contributed by atoms with van der Waals surface area (Å²) < 4.78 is 10.5. The van der Waals surface area contributed by atoms with E-state index in [1.807, 2.05) is 52.1 Å². The van der Waals surface area contributed by atoms with Crippen LogP contribution in [0.1, 0.15) is 27.2 Å². The molecule has 0 aliphatic heterocycles. The average molecular weight is 323 g/mol. The van der Waals surface area contributed by atoms with Crippen LogP contribution in [0.25, 0.3) is 0 Å². The second kappa shape index (κ2) is 8.62. The number of hydrogen-bond acceptors (Lipinski definition) is 5. The Morgan fingerprint density at radius 3 is 2.65 bits per heavy atom. The number of benzene rings is 1. The molecule has 0 fully saturated rings. The molecule has 0 radical (unpaired) electrons. The Morgan fingerprint density at radius 2 is 2.09 bits per heavy atom. The highest BCUT2D eigenvalue weighted by Gasteiger charge is 2.18. The largest absolute Gasteiger partial charge is 0.497 e. The summed E-state index contributed by atoms with van der Waals surface area (Å²) in [6.07, 6.45) is 0.320. The van der Waals surface area contributed by atoms with Crippen molar-refractivity contribution >= 4 is 11.8 Å². The minimum Gasteiger partial charge on any atom is -0.497 e. The predicted molar refractivity (Wildman–Crippen MR) is 93.1 cm³/mol. The molecule has 1 aromatic carbocycles. The van der Waals surface area contributed by atoms with Crippen LogP contribution in [0.4, 0.5) is 10.5 Å². The molecule has 0 saturated heterocycles. The molecule has 6 heteroatoms. The minimum absolute atomic E-state index is 0.108. The van der Waals surface area contributed by atoms with Crippen molar-refractivity contribution in [2.75, 3.05) is 32.1 Å². The van der Waals surface area contributed by atoms with Gasteiger partial charge in [-0.15, -0.1) is 0 Å². The van der Waals surface area contributed by atoms with Gasteiger partial charge in [0.2, 0.25) is 0 Å². The number of nitrogens with one attached hydrogen (secondary N) is 1. The number of amides is 1. The summed E-state index contributed by atoms with van der Waals surface area (Å²) in [7, 11) is 3.63. The first-order valence-electron chi connectivity index (χ1n) is 7.80. The van der Waals surface area contributed by atoms with Gasteiger partial charge in [-0.1, -0.05) is 6.07 Å². The summed E-state index contributed by atoms with van der Waals surface area (Å²) in [6.45, 7) is 6.51. The summed E-state index contributed by atoms with van der Waals surface area (Å²) in [5.41, 5.74) is 6.42. The van der Waals surface area contributed by atoms with E-state index in [1.54, 1.807) is 7.11 Å². The number of carbonyl (C=O) groups excluding carboxylic acids is 1. The van der Waals surface area contributed by atoms with E-state index in [9.17, 15) is 4.79 Å². The highest BCUT2D eigenvalue weighted by molar-refractivity contribution is 5.67. The maximum Gasteiger partial charge on any atom is 0.407 e. The molecule has 1 unspecified atom stereocenters. The van der Waals surface area contributed by atoms with E-state index >= 15 is 0 Å². The number of carbonyl (C=O) groups is 1. The molecule has 0 heterocycles. The summed E-state index contributed by atoms with van der Waals surface area (Å²) in [5.74, 6) is 0.803. The molecule has 0 spiro atoms. The van der Waals surface area contributed by atoms with Crippen LogP contribution in [-0.2, 0) is 4.74 Å². The highest BCUT2D eigenvalue weighted by atomic mass is 16.6. The van der Waals surface area contributed by atoms with Crippen LogP contribution >= 0.6 is 0 Å². The molecule has 0 aliphatic carbocycles. The normalized spacial score (nSPS) is 12.4. The predicted octanol–water partition coefficient (Wildman–Crippen LogP) is 2.37. The number of likely N-dealkylation sites (N-methyl/N-ethyl adjacent to an activating group) is 1. The first-order valence-corrected chi connectivity index (χ1v) is 7.80. The number of ether oxygens (including phenoxy) is 2. The van der Waals surface area contributed by atoms with Crippen LogP contribution in [0.15, 0.2) is 24.3 Å². The molecule has 23 heavy (non-hydrogen) atoms. The van der Waals surface area contributed by atoms with Gasteiger partial charge in [0, 0.05) is 37.9 Å². The highest BCUT2D eigenvalue weighted by Crippen LogP contribution is 2.22. The number of anilines is 1. The van der Waals surface area contributed by atoms with E-state index in [2.05, 4.69) is 10.2 Å². The number of methoxy groups -OCH3 is 1. The van der Waals surface area contributed by atoms with Gasteiger partial charge >= 0.3 is 6.09 Å². The van der Waals surface area contributed by atoms with E-state index < -0.39 is 11.7 Å². The molecule has 3 N–H and O–H groups in total. The van der Waals surface area contributed by atoms with Gasteiger partial charge in [-0.3, -0.25) is 0 Å². The lowest BCUT2D eigenvalue weighted by atomic mass is 10.1. The average Bonchev–Trinajstić information content (AvgIpc) is 2.49. The fourth-order valence-corrected chi connectivity index (χ4v) is 2.17. The second-order valence-corrected chi connectivity index (χ2v) is 6.42. The lowest BCUT2D eigenvalue weighted by Crippen LogP contribution is -2.41. The van der Waals surface area contributed by atoms with Crippen LogP contribution in [-0.4, -0.2) is 45.0 Å². The third-order valence-electron chi connectivity index (χ3n) is 3.43. The summed E-state index contributed by atoms with van der Waals surface area (Å²) in [5, 5.41) is 2.76. The van der Waals surface area contributed by atoms with Crippen molar-refractivity contribution in [1.82, 2.24) is 5.32 Å². The standard InChI is InChI=1S/C17H29N3O3/c1-17(2,3)23-16(21)19-10-9-14(12-18)20(4)13-7-6-8-15(11-13)22-5/h6-8,11,14H,9-10,12,18H2,1-5H3,(H,19,21). The Morgan fingerprint density at radius 1 is 1.39 bits per heavy atom. The fraction of sp³-hybridized carbons (Fsp3) is 0.588. The molecule has 0 bridgehead atoms. The van der Waals surface area contributed by atoms with Crippen LogP contribution in [0.2, 0.25) is 0 Å². The summed E-state index contributed by atoms with van der Waals surface area (Å²) in [4.78, 5) is 13.8. The molecule has 1 rings (SSSR count). The molecular formula is C17H29N3O3. The van der Waals surface area contributed by atoms with E-state index in [1.165, 1.54) is 0 Å². The summed E-state index contributed by atoms with van der Waals surface area (Å²) in [6, 6.07) is 7.92. The van der Waals surface area contributed by atoms with Crippen LogP contribution in [0.5, 0.6) is 5.75 Å². The number of nitrogens with two attached hydrogens (primary N) is 1. The van der Waals surface area contributed by atoms with Gasteiger partial charge in [-0.2, -0.15) is 0 Å². The number of rotatable bonds is 7. The van der Waals surface area contributed by atoms with Crippen molar-refractivity contribution in [3.05, 3.63) is 24.3 Å². The monoisotopic (exact) mass is 323 g/mol. The van der Waals surface area contributed by atoms with Crippen LogP contribution in [0.3, 0.4) is 0 Å². The SMILES string of the molecule is COc1cccc(N(C)C(CN)CCNC(=O)OC(C)(C)C)c1. The maximum atomic E-state index is 11.7. The molecule has 0 saturated carbocycles. The quantitative estimate of drug-likeness (QED) is 0.805. The molecule has 1 aromatic rings. The lowest BCUT2D eigenvalue weighted by molar-refractivity contribution is 0.0526. The lowest BCUT2D eigenvalue weighted by Gasteiger charge is -2.29. The molecule has 1 atom stereocenters. The Hall–Kier alpha value is -1.95. The van der Waals surface area contributed by atoms with Crippen molar-refractivity contribution in [2.24, 2.45) is 5.73 Å². The Labute approximate surface area is 138 Å². The first kappa shape index (κ1) is 19.1. The zero-order valence-corrected chi connectivity index (χ0v) is 14.8. The van der Waals surface area contributed by atoms with Crippen molar-refractivity contribution in [3.63, 3.8) is 0 Å². The Kier molecular flexibility index (Phi) is 7.16. The third-order valence-corrected chi connectivity index (χ3v) is 3.43. The van der Waals surface area contributed by atoms with E-state index in [-0.39, 0.29) is 6.04 Å². The van der Waals surface area contributed by atoms with Crippen molar-refractivity contribution in [1.29, 1.82) is 0 Å². The van der Waals surface area contributed by atoms with Gasteiger partial charge in [0.05, 0.1) is 7.11 Å². The van der Waals surface area contributed by atoms with Gasteiger partial charge < -0.3 is 25.4 Å². The molecule has 6 nitrogen and oxygen atoms in total. The van der Waals surface area contributed by atoms with Gasteiger partial charge in [0.1, 0.15) is 11.4 Å². The topological polar surface area (TPSA) is 76.8 Å². The fourth-order valence-electron chi connectivity index (χ4n) is 2.17. The smallest absolute Gasteiger partial charge is 0.407 e. The molecule has 0 aromatic heterocycles. The zero-order chi connectivity index (χ0) is 17.5. The zero-order valence-electron chi connectivity index (χ0n) is 14.8. The van der Waals surface area contributed by atoms with E-state index in [0.717, 1.165) is 17.9 Å². The molecule has 130 valence electrons. The van der Waals surface area contributed by atoms with Gasteiger partial charge in [0.25, 0.3) is 0 Å². The van der Waals surface area contributed by atoms with Gasteiger partial charge in [-0.25, -0.2) is 4.79 Å². The third kappa shape index (κ3) is 6.78. The molecule has 0 aliphatic rings. The molecular weight excluding hydrogens is 294 g/mol. The minimum atomic E-state index is -0.491. The number of hydrogen-bond donors (Lipinski definition) is 2. The Balaban J connectivity index is 2.54. The Bertz CT molecular complexity index is 500. The van der Waals surface area contributed by atoms with Crippen molar-refractivity contribution in [3.8, 4) is 5.75 Å². The van der Waals surface area contributed by atoms with Crippen LogP contribution in [0, 0.1) is 0 Å². The van der Waals surface area contributed by atoms with E-state index in [0.29, 0.717) is 13.1 Å². The van der Waals surface area contributed by atoms with Gasteiger partial charge in [0.15, 0.2) is 0 Å². The van der Waals surface area contributed by atoms with Crippen molar-refractivity contribution < 1.29 is 14.3 Å².